The Labute approximate surface area is 466 Å². The first-order valence-corrected chi connectivity index (χ1v) is 28.0. The number of benzene rings is 12. The van der Waals surface area contributed by atoms with Crippen LogP contribution in [0.4, 0.5) is 13.2 Å². The molecule has 0 amide bonds. The molecule has 0 aliphatic carbocycles. The molecule has 0 radical (unpaired) electrons. The van der Waals surface area contributed by atoms with Gasteiger partial charge in [0, 0.05) is 14.7 Å². The Bertz CT molecular complexity index is 3500. The highest BCUT2D eigenvalue weighted by Crippen LogP contribution is 2.79. The van der Waals surface area contributed by atoms with Crippen LogP contribution in [0, 0.1) is 0 Å². The molecule has 0 aliphatic rings. The van der Waals surface area contributed by atoms with Gasteiger partial charge in [0.05, 0.1) is 0 Å². The van der Waals surface area contributed by atoms with Crippen LogP contribution < -0.4 is 0 Å². The first-order valence-electron chi connectivity index (χ1n) is 26.4. The minimum absolute atomic E-state index is 0.413. The lowest BCUT2D eigenvalue weighted by Gasteiger charge is -2.46. The molecule has 12 aromatic rings. The van der Waals surface area contributed by atoms with Crippen LogP contribution in [0.25, 0.3) is 100 Å². The molecule has 0 unspecified atom stereocenters. The van der Waals surface area contributed by atoms with Gasteiger partial charge in [-0.1, -0.05) is 273 Å². The Kier molecular flexibility index (Phi) is 14.2. The summed E-state index contributed by atoms with van der Waals surface area (Å²) in [5, 5.41) is 0. The highest BCUT2D eigenvalue weighted by molar-refractivity contribution is 8.30. The van der Waals surface area contributed by atoms with Gasteiger partial charge in [-0.05, 0) is 147 Å². The Hall–Kier alpha value is -9.75. The van der Waals surface area contributed by atoms with Crippen LogP contribution in [0.3, 0.4) is 0 Å². The largest absolute Gasteiger partial charge is 0.491 e. The third kappa shape index (κ3) is 10.1. The quantitative estimate of drug-likeness (QED) is 0.115. The van der Waals surface area contributed by atoms with Crippen molar-refractivity contribution in [1.29, 1.82) is 0 Å². The third-order valence-corrected chi connectivity index (χ3v) is 17.8. The van der Waals surface area contributed by atoms with Crippen LogP contribution in [0.15, 0.2) is 324 Å². The first-order chi connectivity index (χ1) is 39.2. The molecule has 0 heterocycles. The van der Waals surface area contributed by atoms with Crippen molar-refractivity contribution in [2.45, 2.75) is 20.9 Å². The lowest BCUT2D eigenvalue weighted by molar-refractivity contribution is -0.188. The maximum Gasteiger partial charge on any atom is 0.491 e. The van der Waals surface area contributed by atoms with E-state index < -0.39 is 22.5 Å². The van der Waals surface area contributed by atoms with E-state index in [2.05, 4.69) is 36.4 Å². The maximum atomic E-state index is 16.5. The van der Waals surface area contributed by atoms with E-state index in [0.29, 0.717) is 81.4 Å². The minimum Gasteiger partial charge on any atom is -0.395 e. The molecule has 6 heteroatoms. The summed E-state index contributed by atoms with van der Waals surface area (Å²) < 4.78 is 56.7. The molecule has 80 heavy (non-hydrogen) atoms. The van der Waals surface area contributed by atoms with Crippen molar-refractivity contribution in [3.05, 3.63) is 309 Å². The second-order valence-electron chi connectivity index (χ2n) is 19.4. The monoisotopic (exact) mass is 1060 g/mol. The van der Waals surface area contributed by atoms with Gasteiger partial charge in [-0.3, -0.25) is 0 Å². The van der Waals surface area contributed by atoms with Crippen LogP contribution >= 0.6 is 10.3 Å². The lowest BCUT2D eigenvalue weighted by atomic mass is 9.92. The standard InChI is InChI=1S/C74H51F3O2S/c75-74(76,77)73(78)79-80(70-64(55-34-16-4-17-35-55)46-61(52-28-10-1-11-29-52)47-65(70)56-36-18-5-19-37-56,71-66(57-38-20-6-21-39-57)48-62(53-30-12-2-13-31-53)49-67(71)58-40-22-7-23-41-58)72-68(59-42-24-8-25-43-59)50-63(54-32-14-3-15-33-54)51-69(72)60-44-26-9-27-45-60/h1-51H. The summed E-state index contributed by atoms with van der Waals surface area (Å²) in [6.07, 6.45) is -5.48. The predicted octanol–water partition coefficient (Wildman–Crippen LogP) is 21.0. The summed E-state index contributed by atoms with van der Waals surface area (Å²) >= 11 is 0. The highest BCUT2D eigenvalue weighted by atomic mass is 32.3. The SMILES string of the molecule is O=C(OS(c1c(-c2ccccc2)cc(-c2ccccc2)cc1-c1ccccc1)(c1c(-c2ccccc2)cc(-c2ccccc2)cc1-c1ccccc1)c1c(-c2ccccc2)cc(-c2ccccc2)cc1-c1ccccc1)C(F)(F)F. The summed E-state index contributed by atoms with van der Waals surface area (Å²) in [6.45, 7) is 0. The zero-order valence-corrected chi connectivity index (χ0v) is 44.1. The summed E-state index contributed by atoms with van der Waals surface area (Å²) in [5.41, 5.74) is 12.9. The van der Waals surface area contributed by atoms with Crippen LogP contribution in [-0.4, -0.2) is 12.1 Å². The Morgan fingerprint density at radius 1 is 0.250 bits per heavy atom. The molecule has 0 saturated heterocycles. The zero-order chi connectivity index (χ0) is 54.5. The second-order valence-corrected chi connectivity index (χ2v) is 21.9. The van der Waals surface area contributed by atoms with Crippen molar-refractivity contribution in [2.75, 3.05) is 0 Å². The number of rotatable bonds is 13. The summed E-state index contributed by atoms with van der Waals surface area (Å²) in [6, 6.07) is 101. The highest BCUT2D eigenvalue weighted by Gasteiger charge is 2.52. The normalized spacial score (nSPS) is 11.7. The van der Waals surface area contributed by atoms with Crippen molar-refractivity contribution in [1.82, 2.24) is 0 Å². The average Bonchev–Trinajstić information content (AvgIpc) is 3.65. The van der Waals surface area contributed by atoms with E-state index in [0.717, 1.165) is 33.4 Å². The van der Waals surface area contributed by atoms with Crippen LogP contribution in [0.1, 0.15) is 0 Å². The lowest BCUT2D eigenvalue weighted by Crippen LogP contribution is -2.28. The average molecular weight is 1060 g/mol. The van der Waals surface area contributed by atoms with Gasteiger partial charge in [-0.25, -0.2) is 4.79 Å². The van der Waals surface area contributed by atoms with Crippen LogP contribution in [-0.2, 0) is 8.98 Å². The van der Waals surface area contributed by atoms with Crippen LogP contribution in [0.5, 0.6) is 0 Å². The molecule has 12 aromatic carbocycles. The fourth-order valence-electron chi connectivity index (χ4n) is 10.8. The smallest absolute Gasteiger partial charge is 0.395 e. The van der Waals surface area contributed by atoms with E-state index in [1.54, 1.807) is 0 Å². The molecule has 0 aliphatic heterocycles. The Morgan fingerprint density at radius 3 is 0.575 bits per heavy atom. The van der Waals surface area contributed by atoms with Gasteiger partial charge in [0.2, 0.25) is 0 Å². The molecular formula is C74H51F3O2S. The van der Waals surface area contributed by atoms with E-state index in [9.17, 15) is 0 Å². The van der Waals surface area contributed by atoms with E-state index in [4.69, 9.17) is 4.18 Å². The van der Waals surface area contributed by atoms with Gasteiger partial charge in [-0.2, -0.15) is 13.2 Å². The summed E-state index contributed by atoms with van der Waals surface area (Å²) in [5.74, 6) is -2.33. The van der Waals surface area contributed by atoms with Gasteiger partial charge in [0.1, 0.15) is 0 Å². The predicted molar refractivity (Wildman–Crippen MR) is 323 cm³/mol. The van der Waals surface area contributed by atoms with Crippen LogP contribution in [0.2, 0.25) is 0 Å². The van der Waals surface area contributed by atoms with Gasteiger partial charge < -0.3 is 4.18 Å². The summed E-state index contributed by atoms with van der Waals surface area (Å²) in [7, 11) is -4.25. The molecule has 0 aromatic heterocycles. The number of halogens is 3. The number of alkyl halides is 3. The van der Waals surface area contributed by atoms with Gasteiger partial charge >= 0.3 is 12.1 Å². The van der Waals surface area contributed by atoms with E-state index in [1.165, 1.54) is 0 Å². The van der Waals surface area contributed by atoms with Crippen molar-refractivity contribution < 1.29 is 22.1 Å². The van der Waals surface area contributed by atoms with Crippen molar-refractivity contribution in [2.24, 2.45) is 0 Å². The van der Waals surface area contributed by atoms with Crippen molar-refractivity contribution in [3.63, 3.8) is 0 Å². The van der Waals surface area contributed by atoms with E-state index in [-0.39, 0.29) is 0 Å². The van der Waals surface area contributed by atoms with Gasteiger partial charge in [0.15, 0.2) is 0 Å². The molecular weight excluding hydrogens is 1010 g/mol. The molecule has 0 atom stereocenters. The Morgan fingerprint density at radius 2 is 0.412 bits per heavy atom. The topological polar surface area (TPSA) is 26.3 Å². The molecule has 0 fully saturated rings. The maximum absolute atomic E-state index is 16.5. The fourth-order valence-corrected chi connectivity index (χ4v) is 14.9. The fraction of sp³-hybridized carbons (Fsp3) is 0.0135. The number of hydrogen-bond donors (Lipinski definition) is 0. The van der Waals surface area contributed by atoms with Gasteiger partial charge in [0.25, 0.3) is 0 Å². The third-order valence-electron chi connectivity index (χ3n) is 14.4. The molecule has 0 saturated carbocycles. The zero-order valence-electron chi connectivity index (χ0n) is 43.3. The number of carbonyl (C=O) groups is 1. The molecule has 12 rings (SSSR count). The Balaban J connectivity index is 1.44. The van der Waals surface area contributed by atoms with Gasteiger partial charge in [-0.15, -0.1) is 0 Å². The summed E-state index contributed by atoms with van der Waals surface area (Å²) in [4.78, 5) is 16.7. The van der Waals surface area contributed by atoms with E-state index in [1.807, 2.05) is 273 Å². The second kappa shape index (κ2) is 22.3. The van der Waals surface area contributed by atoms with Crippen molar-refractivity contribution in [3.8, 4) is 100 Å². The molecule has 386 valence electrons. The molecule has 2 nitrogen and oxygen atoms in total. The minimum atomic E-state index is -5.48. The molecule has 0 spiro atoms. The number of carbonyl (C=O) groups excluding carboxylic acids is 1. The van der Waals surface area contributed by atoms with Crippen molar-refractivity contribution >= 4 is 16.3 Å². The number of hydrogen-bond acceptors (Lipinski definition) is 2. The van der Waals surface area contributed by atoms with E-state index >= 15 is 18.0 Å². The molecule has 0 N–H and O–H groups in total. The molecule has 0 bridgehead atoms. The first kappa shape index (κ1) is 51.0.